The van der Waals surface area contributed by atoms with Crippen LogP contribution < -0.4 is 10.1 Å². The lowest BCUT2D eigenvalue weighted by Crippen LogP contribution is -2.82. The Kier molecular flexibility index (Phi) is 4.20. The predicted molar refractivity (Wildman–Crippen MR) is 84.9 cm³/mol. The molecule has 0 bridgehead atoms. The van der Waals surface area contributed by atoms with E-state index in [1.807, 2.05) is 44.2 Å². The summed E-state index contributed by atoms with van der Waals surface area (Å²) in [5.41, 5.74) is 0.827. The van der Waals surface area contributed by atoms with Gasteiger partial charge in [-0.3, -0.25) is 0 Å². The Morgan fingerprint density at radius 2 is 2.05 bits per heavy atom. The van der Waals surface area contributed by atoms with Crippen molar-refractivity contribution in [3.63, 3.8) is 0 Å². The van der Waals surface area contributed by atoms with Crippen molar-refractivity contribution in [2.45, 2.75) is 33.4 Å². The molecule has 0 saturated carbocycles. The van der Waals surface area contributed by atoms with Gasteiger partial charge in [-0.1, -0.05) is 12.1 Å². The second-order valence-electron chi connectivity index (χ2n) is 5.50. The molecule has 116 valence electrons. The minimum absolute atomic E-state index is 0.215. The Bertz CT molecular complexity index is 757. The minimum atomic E-state index is 0.215. The molecule has 2 aromatic heterocycles. The first-order chi connectivity index (χ1) is 10.7. The Balaban J connectivity index is 1.76. The number of hydrogen-bond acceptors (Lipinski definition) is 3. The van der Waals surface area contributed by atoms with Gasteiger partial charge in [0.2, 0.25) is 0 Å². The smallest absolute Gasteiger partial charge is 0.176 e. The minimum Gasteiger partial charge on any atom is -0.490 e. The zero-order valence-corrected chi connectivity index (χ0v) is 13.3. The van der Waals surface area contributed by atoms with Gasteiger partial charge in [-0.05, 0) is 45.0 Å². The summed E-state index contributed by atoms with van der Waals surface area (Å²) in [6.07, 6.45) is 0. The van der Waals surface area contributed by atoms with Crippen molar-refractivity contribution in [1.82, 2.24) is 0 Å². The lowest BCUT2D eigenvalue weighted by Gasteiger charge is -2.06. The van der Waals surface area contributed by atoms with Crippen LogP contribution in [0, 0.1) is 6.92 Å². The normalized spacial score (nSPS) is 12.7. The van der Waals surface area contributed by atoms with E-state index in [9.17, 15) is 0 Å². The van der Waals surface area contributed by atoms with E-state index in [2.05, 4.69) is 18.3 Å². The fourth-order valence-corrected chi connectivity index (χ4v) is 2.55. The van der Waals surface area contributed by atoms with Crippen LogP contribution in [0.1, 0.15) is 37.2 Å². The van der Waals surface area contributed by atoms with Crippen molar-refractivity contribution in [3.8, 4) is 5.75 Å². The summed E-state index contributed by atoms with van der Waals surface area (Å²) in [6, 6.07) is 12.3. The van der Waals surface area contributed by atoms with Crippen molar-refractivity contribution in [2.75, 3.05) is 6.61 Å². The number of aryl methyl sites for hydroxylation is 1. The van der Waals surface area contributed by atoms with Crippen molar-refractivity contribution < 1.29 is 18.9 Å². The molecule has 0 radical (unpaired) electrons. The largest absolute Gasteiger partial charge is 0.490 e. The maximum atomic E-state index is 6.02. The van der Waals surface area contributed by atoms with Crippen molar-refractivity contribution >= 4 is 11.0 Å². The first-order valence-corrected chi connectivity index (χ1v) is 7.71. The zero-order valence-electron chi connectivity index (χ0n) is 13.3. The lowest BCUT2D eigenvalue weighted by atomic mass is 10.2. The summed E-state index contributed by atoms with van der Waals surface area (Å²) in [4.78, 5) is 0. The first-order valence-electron chi connectivity index (χ1n) is 7.71. The van der Waals surface area contributed by atoms with Crippen LogP contribution in [0.15, 0.2) is 45.2 Å². The van der Waals surface area contributed by atoms with Crippen molar-refractivity contribution in [2.24, 2.45) is 0 Å². The number of fused-ring (bicyclic) bond motifs is 1. The molecule has 22 heavy (non-hydrogen) atoms. The highest BCUT2D eigenvalue weighted by molar-refractivity contribution is 5.83. The molecule has 0 fully saturated rings. The fraction of sp³-hybridized carbons (Fsp3) is 0.333. The molecule has 0 spiro atoms. The van der Waals surface area contributed by atoms with Crippen LogP contribution in [0.4, 0.5) is 0 Å². The Hall–Kier alpha value is -2.20. The van der Waals surface area contributed by atoms with Gasteiger partial charge < -0.3 is 18.9 Å². The van der Waals surface area contributed by atoms with Gasteiger partial charge >= 0.3 is 0 Å². The van der Waals surface area contributed by atoms with Gasteiger partial charge in [-0.15, -0.1) is 0 Å². The third-order valence-electron chi connectivity index (χ3n) is 3.74. The predicted octanol–water partition coefficient (Wildman–Crippen LogP) is 3.56. The number of nitrogens with two attached hydrogens (primary N) is 1. The third kappa shape index (κ3) is 3.02. The Morgan fingerprint density at radius 1 is 1.18 bits per heavy atom. The molecular formula is C18H22NO3+. The van der Waals surface area contributed by atoms with E-state index < -0.39 is 0 Å². The monoisotopic (exact) mass is 300 g/mol. The summed E-state index contributed by atoms with van der Waals surface area (Å²) in [5.74, 6) is 3.68. The topological polar surface area (TPSA) is 52.1 Å². The maximum Gasteiger partial charge on any atom is 0.176 e. The number of quaternary nitrogens is 1. The number of furan rings is 2. The van der Waals surface area contributed by atoms with Gasteiger partial charge in [0, 0.05) is 5.39 Å². The summed E-state index contributed by atoms with van der Waals surface area (Å²) in [7, 11) is 0. The molecule has 2 N–H and O–H groups in total. The van der Waals surface area contributed by atoms with Crippen molar-refractivity contribution in [1.29, 1.82) is 0 Å². The maximum absolute atomic E-state index is 6.02. The average Bonchev–Trinajstić information content (AvgIpc) is 3.12. The van der Waals surface area contributed by atoms with Gasteiger partial charge in [-0.2, -0.15) is 0 Å². The number of hydrogen-bond donors (Lipinski definition) is 1. The highest BCUT2D eigenvalue weighted by Crippen LogP contribution is 2.30. The van der Waals surface area contributed by atoms with Crippen LogP contribution in [0.5, 0.6) is 5.75 Å². The van der Waals surface area contributed by atoms with Gasteiger partial charge in [-0.25, -0.2) is 0 Å². The average molecular weight is 300 g/mol. The number of para-hydroxylation sites is 1. The first kappa shape index (κ1) is 14.7. The molecule has 0 aliphatic carbocycles. The van der Waals surface area contributed by atoms with Crippen LogP contribution in [0.25, 0.3) is 11.0 Å². The molecule has 1 atom stereocenters. The van der Waals surface area contributed by atoms with E-state index in [4.69, 9.17) is 13.6 Å². The molecule has 0 amide bonds. The van der Waals surface area contributed by atoms with E-state index >= 15 is 0 Å². The standard InChI is InChI=1S/C18H21NO3/c1-4-20-16-7-5-6-14-10-17(22-18(14)16)13(3)19-11-15-9-8-12(2)21-15/h5-10,13,19H,4,11H2,1-3H3/p+1/t13-/m0/s1. The SMILES string of the molecule is CCOc1cccc2cc([C@H](C)[NH2+]Cc3ccc(C)o3)oc12. The van der Waals surface area contributed by atoms with Crippen LogP contribution >= 0.6 is 0 Å². The van der Waals surface area contributed by atoms with E-state index in [0.717, 1.165) is 40.5 Å². The molecule has 0 aliphatic rings. The third-order valence-corrected chi connectivity index (χ3v) is 3.74. The molecule has 0 saturated heterocycles. The molecule has 3 rings (SSSR count). The Labute approximate surface area is 130 Å². The van der Waals surface area contributed by atoms with Crippen molar-refractivity contribution in [3.05, 3.63) is 53.7 Å². The second kappa shape index (κ2) is 6.28. The molecule has 0 aliphatic heterocycles. The summed E-state index contributed by atoms with van der Waals surface area (Å²) >= 11 is 0. The van der Waals surface area contributed by atoms with Gasteiger partial charge in [0.25, 0.3) is 0 Å². The van der Waals surface area contributed by atoms with Gasteiger partial charge in [0.05, 0.1) is 6.61 Å². The highest BCUT2D eigenvalue weighted by atomic mass is 16.5. The molecule has 1 aromatic carbocycles. The lowest BCUT2D eigenvalue weighted by molar-refractivity contribution is -0.711. The van der Waals surface area contributed by atoms with Gasteiger partial charge in [0.15, 0.2) is 22.9 Å². The van der Waals surface area contributed by atoms with Crippen LogP contribution in [0.2, 0.25) is 0 Å². The Morgan fingerprint density at radius 3 is 2.77 bits per heavy atom. The van der Waals surface area contributed by atoms with Crippen LogP contribution in [0.3, 0.4) is 0 Å². The molecule has 0 unspecified atom stereocenters. The molecule has 4 nitrogen and oxygen atoms in total. The van der Waals surface area contributed by atoms with Crippen LogP contribution in [-0.4, -0.2) is 6.61 Å². The molecular weight excluding hydrogens is 278 g/mol. The number of rotatable bonds is 6. The van der Waals surface area contributed by atoms with Crippen LogP contribution in [-0.2, 0) is 6.54 Å². The van der Waals surface area contributed by atoms with E-state index in [1.165, 1.54) is 0 Å². The molecule has 4 heteroatoms. The quantitative estimate of drug-likeness (QED) is 0.757. The summed E-state index contributed by atoms with van der Waals surface area (Å²) < 4.78 is 17.2. The summed E-state index contributed by atoms with van der Waals surface area (Å²) in [5, 5.41) is 3.28. The number of benzene rings is 1. The summed E-state index contributed by atoms with van der Waals surface area (Å²) in [6.45, 7) is 7.50. The van der Waals surface area contributed by atoms with E-state index in [0.29, 0.717) is 6.61 Å². The van der Waals surface area contributed by atoms with Gasteiger partial charge in [0.1, 0.15) is 18.3 Å². The fourth-order valence-electron chi connectivity index (χ4n) is 2.55. The second-order valence-corrected chi connectivity index (χ2v) is 5.50. The molecule has 3 aromatic rings. The highest BCUT2D eigenvalue weighted by Gasteiger charge is 2.17. The van der Waals surface area contributed by atoms with E-state index in [-0.39, 0.29) is 6.04 Å². The number of ether oxygens (including phenoxy) is 1. The molecule has 2 heterocycles. The van der Waals surface area contributed by atoms with E-state index in [1.54, 1.807) is 0 Å². The zero-order chi connectivity index (χ0) is 15.5.